The number of nitrogens with one attached hydrogen (secondary N) is 1. The molecule has 0 spiro atoms. The molecule has 3 atom stereocenters. The van der Waals surface area contributed by atoms with E-state index in [0.29, 0.717) is 12.4 Å². The molecule has 2 heterocycles. The maximum absolute atomic E-state index is 13.4. The summed E-state index contributed by atoms with van der Waals surface area (Å²) in [6, 6.07) is 16.2. The largest absolute Gasteiger partial charge is 0.328 e. The van der Waals surface area contributed by atoms with Crippen LogP contribution in [0.2, 0.25) is 0 Å². The molecule has 0 unspecified atom stereocenters. The van der Waals surface area contributed by atoms with Gasteiger partial charge in [0.15, 0.2) is 0 Å². The molecule has 0 bridgehead atoms. The van der Waals surface area contributed by atoms with Crippen molar-refractivity contribution in [2.24, 2.45) is 5.92 Å². The lowest BCUT2D eigenvalue weighted by molar-refractivity contribution is -0.123. The third-order valence-electron chi connectivity index (χ3n) is 5.67. The molecule has 6 heteroatoms. The van der Waals surface area contributed by atoms with Crippen molar-refractivity contribution in [3.63, 3.8) is 0 Å². The van der Waals surface area contributed by atoms with Crippen LogP contribution in [0, 0.1) is 12.8 Å². The van der Waals surface area contributed by atoms with Crippen molar-refractivity contribution >= 4 is 27.7 Å². The molecule has 5 nitrogen and oxygen atoms in total. The molecule has 1 aliphatic heterocycles. The second kappa shape index (κ2) is 6.71. The number of hydrogen-bond acceptors (Lipinski definition) is 4. The van der Waals surface area contributed by atoms with Crippen LogP contribution in [-0.4, -0.2) is 20.5 Å². The molecule has 2 aromatic carbocycles. The number of ketones is 1. The molecule has 3 aromatic rings. The molecule has 0 fully saturated rings. The molecule has 28 heavy (non-hydrogen) atoms. The normalized spacial score (nSPS) is 23.4. The van der Waals surface area contributed by atoms with E-state index in [2.05, 4.69) is 62.5 Å². The summed E-state index contributed by atoms with van der Waals surface area (Å²) in [6.07, 6.45) is 4.24. The van der Waals surface area contributed by atoms with E-state index in [4.69, 9.17) is 0 Å². The van der Waals surface area contributed by atoms with E-state index in [0.717, 1.165) is 15.7 Å². The first kappa shape index (κ1) is 17.4. The maximum Gasteiger partial charge on any atom is 0.226 e. The topological polar surface area (TPSA) is 59.8 Å². The van der Waals surface area contributed by atoms with Crippen LogP contribution in [0.25, 0.3) is 0 Å². The Morgan fingerprint density at radius 1 is 1.18 bits per heavy atom. The summed E-state index contributed by atoms with van der Waals surface area (Å²) in [4.78, 5) is 17.7. The summed E-state index contributed by atoms with van der Waals surface area (Å²) in [5, 5.41) is 7.77. The van der Waals surface area contributed by atoms with Crippen molar-refractivity contribution in [2.45, 2.75) is 25.3 Å². The first-order chi connectivity index (χ1) is 13.6. The van der Waals surface area contributed by atoms with Gasteiger partial charge in [-0.2, -0.15) is 10.1 Å². The number of Topliss-reactive ketones (excluding diaryl/α,β-unsaturated/α-hetero) is 1. The van der Waals surface area contributed by atoms with E-state index in [1.165, 1.54) is 17.5 Å². The monoisotopic (exact) mass is 434 g/mol. The highest BCUT2D eigenvalue weighted by Gasteiger charge is 2.43. The minimum absolute atomic E-state index is 0.0741. The average molecular weight is 435 g/mol. The van der Waals surface area contributed by atoms with Crippen LogP contribution in [0.4, 0.5) is 5.95 Å². The Labute approximate surface area is 171 Å². The molecular formula is C22H19BrN4O. The predicted molar refractivity (Wildman–Crippen MR) is 111 cm³/mol. The molecule has 1 aliphatic carbocycles. The molecular weight excluding hydrogens is 416 g/mol. The lowest BCUT2D eigenvalue weighted by atomic mass is 9.75. The van der Waals surface area contributed by atoms with Crippen molar-refractivity contribution in [3.8, 4) is 0 Å². The second-order valence-electron chi connectivity index (χ2n) is 7.39. The zero-order valence-corrected chi connectivity index (χ0v) is 16.9. The highest BCUT2D eigenvalue weighted by molar-refractivity contribution is 9.10. The second-order valence-corrected chi connectivity index (χ2v) is 8.30. The lowest BCUT2D eigenvalue weighted by Crippen LogP contribution is -2.40. The molecule has 1 N–H and O–H groups in total. The van der Waals surface area contributed by atoms with Gasteiger partial charge in [-0.3, -0.25) is 4.79 Å². The van der Waals surface area contributed by atoms with Crippen molar-refractivity contribution in [1.82, 2.24) is 14.8 Å². The highest BCUT2D eigenvalue weighted by atomic mass is 79.9. The Balaban J connectivity index is 1.63. The minimum Gasteiger partial charge on any atom is -0.328 e. The fourth-order valence-electron chi connectivity index (χ4n) is 4.40. The van der Waals surface area contributed by atoms with Gasteiger partial charge in [-0.05, 0) is 35.7 Å². The number of allylic oxidation sites excluding steroid dienone is 2. The maximum atomic E-state index is 13.4. The van der Waals surface area contributed by atoms with Gasteiger partial charge < -0.3 is 5.32 Å². The molecule has 140 valence electrons. The molecule has 5 rings (SSSR count). The summed E-state index contributed by atoms with van der Waals surface area (Å²) >= 11 is 3.55. The lowest BCUT2D eigenvalue weighted by Gasteiger charge is -2.38. The number of hydrogen-bond donors (Lipinski definition) is 1. The summed E-state index contributed by atoms with van der Waals surface area (Å²) in [5.41, 5.74) is 4.38. The number of carbonyl (C=O) groups is 1. The van der Waals surface area contributed by atoms with Crippen molar-refractivity contribution in [3.05, 3.63) is 87.8 Å². The Kier molecular flexibility index (Phi) is 4.16. The first-order valence-electron chi connectivity index (χ1n) is 9.34. The van der Waals surface area contributed by atoms with Gasteiger partial charge in [0.2, 0.25) is 5.95 Å². The van der Waals surface area contributed by atoms with Crippen molar-refractivity contribution in [1.29, 1.82) is 0 Å². The first-order valence-corrected chi connectivity index (χ1v) is 10.1. The Bertz CT molecular complexity index is 1100. The third-order valence-corrected chi connectivity index (χ3v) is 6.16. The number of anilines is 1. The number of rotatable bonds is 2. The van der Waals surface area contributed by atoms with Gasteiger partial charge >= 0.3 is 0 Å². The Morgan fingerprint density at radius 2 is 2.04 bits per heavy atom. The Morgan fingerprint density at radius 3 is 2.86 bits per heavy atom. The number of aryl methyl sites for hydroxylation is 1. The van der Waals surface area contributed by atoms with Crippen molar-refractivity contribution < 1.29 is 4.79 Å². The van der Waals surface area contributed by atoms with Crippen LogP contribution in [-0.2, 0) is 4.79 Å². The van der Waals surface area contributed by atoms with E-state index >= 15 is 0 Å². The van der Waals surface area contributed by atoms with E-state index in [9.17, 15) is 4.79 Å². The van der Waals surface area contributed by atoms with Gasteiger partial charge in [0.25, 0.3) is 0 Å². The van der Waals surface area contributed by atoms with Gasteiger partial charge in [-0.15, -0.1) is 0 Å². The van der Waals surface area contributed by atoms with Crippen LogP contribution in [0.1, 0.15) is 35.1 Å². The number of benzene rings is 2. The van der Waals surface area contributed by atoms with Crippen molar-refractivity contribution in [2.75, 3.05) is 5.32 Å². The quantitative estimate of drug-likeness (QED) is 0.638. The Hall–Kier alpha value is -2.73. The zero-order chi connectivity index (χ0) is 19.3. The van der Waals surface area contributed by atoms with E-state index in [1.54, 1.807) is 0 Å². The van der Waals surface area contributed by atoms with Gasteiger partial charge in [0, 0.05) is 22.5 Å². The number of halogens is 1. The molecule has 0 amide bonds. The van der Waals surface area contributed by atoms with E-state index in [-0.39, 0.29) is 23.7 Å². The van der Waals surface area contributed by atoms with Gasteiger partial charge in [-0.1, -0.05) is 58.4 Å². The predicted octanol–water partition coefficient (Wildman–Crippen LogP) is 4.62. The SMILES string of the molecule is Cc1ccccc1[C@H]1C=C2Nc3ncnn3[C@H](c3cccc(Br)c3)[C@H]2C(=O)C1. The molecule has 2 aliphatic rings. The highest BCUT2D eigenvalue weighted by Crippen LogP contribution is 2.44. The van der Waals surface area contributed by atoms with Crippen LogP contribution in [0.15, 0.2) is 71.1 Å². The van der Waals surface area contributed by atoms with Crippen LogP contribution < -0.4 is 5.32 Å². The van der Waals surface area contributed by atoms with Gasteiger partial charge in [0.1, 0.15) is 12.1 Å². The number of fused-ring (bicyclic) bond motifs is 2. The third kappa shape index (κ3) is 2.79. The molecule has 0 saturated carbocycles. The van der Waals surface area contributed by atoms with Crippen LogP contribution in [0.3, 0.4) is 0 Å². The van der Waals surface area contributed by atoms with Crippen LogP contribution >= 0.6 is 15.9 Å². The van der Waals surface area contributed by atoms with E-state index < -0.39 is 0 Å². The summed E-state index contributed by atoms with van der Waals surface area (Å²) in [6.45, 7) is 2.10. The number of nitrogens with zero attached hydrogens (tertiary/aromatic N) is 3. The van der Waals surface area contributed by atoms with Gasteiger partial charge in [0.05, 0.1) is 12.0 Å². The zero-order valence-electron chi connectivity index (χ0n) is 15.3. The summed E-state index contributed by atoms with van der Waals surface area (Å²) in [5.74, 6) is 0.684. The number of carbonyl (C=O) groups excluding carboxylic acids is 1. The minimum atomic E-state index is -0.288. The van der Waals surface area contributed by atoms with Crippen LogP contribution in [0.5, 0.6) is 0 Å². The summed E-state index contributed by atoms with van der Waals surface area (Å²) < 4.78 is 2.81. The fourth-order valence-corrected chi connectivity index (χ4v) is 4.82. The average Bonchev–Trinajstić information content (AvgIpc) is 3.14. The summed E-state index contributed by atoms with van der Waals surface area (Å²) in [7, 11) is 0. The molecule has 1 aromatic heterocycles. The standard InChI is InChI=1S/C22H19BrN4O/c1-13-5-2-3-8-17(13)15-10-18-20(19(28)11-15)21(14-6-4-7-16(23)9-14)27-22(26-18)24-12-25-27/h2-10,12,15,20-21H,11H2,1H3,(H,24,25,26)/t15-,20+,21+/m0/s1. The van der Waals surface area contributed by atoms with E-state index in [1.807, 2.05) is 35.0 Å². The molecule has 0 radical (unpaired) electrons. The van der Waals surface area contributed by atoms with Gasteiger partial charge in [-0.25, -0.2) is 4.68 Å². The number of aromatic nitrogens is 3. The fraction of sp³-hybridized carbons (Fsp3) is 0.227. The molecule has 0 saturated heterocycles. The smallest absolute Gasteiger partial charge is 0.226 e.